The topological polar surface area (TPSA) is 113 Å². The van der Waals surface area contributed by atoms with Crippen LogP contribution in [0.5, 0.6) is 0 Å². The van der Waals surface area contributed by atoms with E-state index in [0.717, 1.165) is 0 Å². The van der Waals surface area contributed by atoms with Gasteiger partial charge < -0.3 is 16.2 Å². The van der Waals surface area contributed by atoms with Crippen molar-refractivity contribution >= 4 is 40.9 Å². The molecule has 0 bridgehead atoms. The number of fused-ring (bicyclic) bond motifs is 1. The number of rotatable bonds is 4. The molecule has 122 valence electrons. The van der Waals surface area contributed by atoms with Gasteiger partial charge in [-0.2, -0.15) is 0 Å². The van der Waals surface area contributed by atoms with Gasteiger partial charge in [0.15, 0.2) is 0 Å². The van der Waals surface area contributed by atoms with E-state index in [2.05, 4.69) is 5.32 Å². The van der Waals surface area contributed by atoms with Crippen LogP contribution in [-0.2, 0) is 14.4 Å². The number of amides is 2. The number of thioether (sulfide) groups is 1. The lowest BCUT2D eigenvalue weighted by molar-refractivity contribution is -0.150. The SMILES string of the molecule is CC1C=C(C(=O)O)N2C(=O)C(NC(=O)C(N)c3cccs3)[C@H]2S1. The maximum atomic E-state index is 12.2. The van der Waals surface area contributed by atoms with E-state index in [9.17, 15) is 19.5 Å². The summed E-state index contributed by atoms with van der Waals surface area (Å²) in [5.41, 5.74) is 5.86. The van der Waals surface area contributed by atoms with Gasteiger partial charge in [-0.3, -0.25) is 14.5 Å². The number of hydrogen-bond acceptors (Lipinski definition) is 6. The lowest BCUT2D eigenvalue weighted by Gasteiger charge is -2.49. The first-order valence-electron chi connectivity index (χ1n) is 6.93. The van der Waals surface area contributed by atoms with E-state index in [1.165, 1.54) is 34.1 Å². The summed E-state index contributed by atoms with van der Waals surface area (Å²) in [6.07, 6.45) is 1.54. The van der Waals surface area contributed by atoms with Crippen LogP contribution < -0.4 is 11.1 Å². The molecule has 0 radical (unpaired) electrons. The van der Waals surface area contributed by atoms with Crippen LogP contribution in [0.25, 0.3) is 0 Å². The number of nitrogens with one attached hydrogen (secondary N) is 1. The minimum Gasteiger partial charge on any atom is -0.477 e. The Morgan fingerprint density at radius 3 is 2.83 bits per heavy atom. The second kappa shape index (κ2) is 5.99. The fourth-order valence-corrected chi connectivity index (χ4v) is 4.62. The Morgan fingerprint density at radius 1 is 1.48 bits per heavy atom. The van der Waals surface area contributed by atoms with Gasteiger partial charge in [0.1, 0.15) is 23.2 Å². The fraction of sp³-hybridized carbons (Fsp3) is 0.357. The number of carboxylic acid groups (broad SMARTS) is 1. The average molecular weight is 353 g/mol. The Labute approximate surface area is 140 Å². The van der Waals surface area contributed by atoms with Crippen molar-refractivity contribution < 1.29 is 19.5 Å². The van der Waals surface area contributed by atoms with Gasteiger partial charge in [0, 0.05) is 10.1 Å². The quantitative estimate of drug-likeness (QED) is 0.680. The lowest BCUT2D eigenvalue weighted by atomic mass is 10.0. The average Bonchev–Trinajstić information content (AvgIpc) is 3.04. The second-order valence-corrected chi connectivity index (χ2v) is 7.75. The molecule has 0 spiro atoms. The van der Waals surface area contributed by atoms with Gasteiger partial charge in [-0.15, -0.1) is 23.1 Å². The monoisotopic (exact) mass is 353 g/mol. The van der Waals surface area contributed by atoms with Crippen molar-refractivity contribution in [3.05, 3.63) is 34.2 Å². The van der Waals surface area contributed by atoms with Gasteiger partial charge >= 0.3 is 5.97 Å². The lowest BCUT2D eigenvalue weighted by Crippen LogP contribution is -2.71. The van der Waals surface area contributed by atoms with Crippen molar-refractivity contribution in [2.75, 3.05) is 0 Å². The summed E-state index contributed by atoms with van der Waals surface area (Å²) < 4.78 is 0. The number of aliphatic carboxylic acids is 1. The molecule has 0 saturated carbocycles. The third kappa shape index (κ3) is 2.75. The largest absolute Gasteiger partial charge is 0.477 e. The Balaban J connectivity index is 1.72. The maximum Gasteiger partial charge on any atom is 0.352 e. The number of β-lactam (4-membered cyclic amide) rings is 1. The van der Waals surface area contributed by atoms with Crippen LogP contribution in [0.3, 0.4) is 0 Å². The molecule has 23 heavy (non-hydrogen) atoms. The van der Waals surface area contributed by atoms with Crippen LogP contribution >= 0.6 is 23.1 Å². The molecule has 1 aromatic rings. The van der Waals surface area contributed by atoms with Crippen molar-refractivity contribution in [3.63, 3.8) is 0 Å². The zero-order valence-electron chi connectivity index (χ0n) is 12.1. The van der Waals surface area contributed by atoms with E-state index in [-0.39, 0.29) is 10.9 Å². The Morgan fingerprint density at radius 2 is 2.22 bits per heavy atom. The highest BCUT2D eigenvalue weighted by atomic mass is 32.2. The molecule has 1 fully saturated rings. The maximum absolute atomic E-state index is 12.2. The standard InChI is InChI=1S/C14H15N3O4S2/c1-6-5-7(14(20)21)17-12(19)10(13(17)23-6)16-11(18)9(15)8-3-2-4-22-8/h2-6,9-10,13H,15H2,1H3,(H,16,18)(H,20,21)/t6?,9?,10?,13-/m1/s1. The van der Waals surface area contributed by atoms with Gasteiger partial charge in [0.2, 0.25) is 5.91 Å². The molecule has 4 atom stereocenters. The van der Waals surface area contributed by atoms with Crippen LogP contribution in [-0.4, -0.2) is 44.5 Å². The van der Waals surface area contributed by atoms with Gasteiger partial charge in [-0.25, -0.2) is 4.79 Å². The number of nitrogens with two attached hydrogens (primary N) is 1. The van der Waals surface area contributed by atoms with Crippen LogP contribution in [0.4, 0.5) is 0 Å². The molecule has 0 aliphatic carbocycles. The Kier molecular flexibility index (Phi) is 4.17. The molecule has 4 N–H and O–H groups in total. The van der Waals surface area contributed by atoms with Crippen LogP contribution in [0, 0.1) is 0 Å². The summed E-state index contributed by atoms with van der Waals surface area (Å²) in [6, 6.07) is 1.97. The molecule has 2 amide bonds. The van der Waals surface area contributed by atoms with Crippen LogP contribution in [0.15, 0.2) is 29.3 Å². The first-order valence-corrected chi connectivity index (χ1v) is 8.75. The summed E-state index contributed by atoms with van der Waals surface area (Å²) in [5.74, 6) is -2.00. The minimum atomic E-state index is -1.14. The summed E-state index contributed by atoms with van der Waals surface area (Å²) in [6.45, 7) is 1.85. The van der Waals surface area contributed by atoms with Gasteiger partial charge in [-0.05, 0) is 24.4 Å². The second-order valence-electron chi connectivity index (χ2n) is 5.28. The van der Waals surface area contributed by atoms with Crippen molar-refractivity contribution in [3.8, 4) is 0 Å². The first kappa shape index (κ1) is 16.0. The van der Waals surface area contributed by atoms with Crippen molar-refractivity contribution in [1.82, 2.24) is 10.2 Å². The minimum absolute atomic E-state index is 0.0284. The molecule has 3 unspecified atom stereocenters. The van der Waals surface area contributed by atoms with E-state index >= 15 is 0 Å². The molecule has 7 nitrogen and oxygen atoms in total. The molecule has 2 aliphatic rings. The van der Waals surface area contributed by atoms with Gasteiger partial charge in [0.05, 0.1) is 0 Å². The molecule has 2 aliphatic heterocycles. The third-order valence-corrected chi connectivity index (χ3v) is 5.98. The molecule has 3 heterocycles. The number of nitrogens with zero attached hydrogens (tertiary/aromatic N) is 1. The molecule has 9 heteroatoms. The van der Waals surface area contributed by atoms with Gasteiger partial charge in [0.25, 0.3) is 5.91 Å². The van der Waals surface area contributed by atoms with Crippen molar-refractivity contribution in [1.29, 1.82) is 0 Å². The highest BCUT2D eigenvalue weighted by Gasteiger charge is 2.54. The van der Waals surface area contributed by atoms with E-state index in [4.69, 9.17) is 5.73 Å². The fourth-order valence-electron chi connectivity index (χ4n) is 2.57. The number of thiophene rings is 1. The van der Waals surface area contributed by atoms with E-state index in [0.29, 0.717) is 4.88 Å². The highest BCUT2D eigenvalue weighted by Crippen LogP contribution is 2.40. The Bertz CT molecular complexity index is 688. The van der Waals surface area contributed by atoms with Gasteiger partial charge in [-0.1, -0.05) is 6.07 Å². The van der Waals surface area contributed by atoms with E-state index < -0.39 is 35.2 Å². The Hall–Kier alpha value is -1.84. The zero-order chi connectivity index (χ0) is 16.7. The van der Waals surface area contributed by atoms with Crippen molar-refractivity contribution in [2.24, 2.45) is 5.73 Å². The summed E-state index contributed by atoms with van der Waals surface area (Å²) in [5, 5.41) is 13.2. The summed E-state index contributed by atoms with van der Waals surface area (Å²) >= 11 is 2.80. The third-order valence-electron chi connectivity index (χ3n) is 3.70. The van der Waals surface area contributed by atoms with E-state index in [1.54, 1.807) is 12.1 Å². The van der Waals surface area contributed by atoms with Crippen molar-refractivity contribution in [2.45, 2.75) is 29.6 Å². The zero-order valence-corrected chi connectivity index (χ0v) is 13.8. The predicted octanol–water partition coefficient (Wildman–Crippen LogP) is 0.505. The predicted molar refractivity (Wildman–Crippen MR) is 86.6 cm³/mol. The van der Waals surface area contributed by atoms with Crippen LogP contribution in [0.2, 0.25) is 0 Å². The molecule has 0 aromatic carbocycles. The highest BCUT2D eigenvalue weighted by molar-refractivity contribution is 8.00. The van der Waals surface area contributed by atoms with E-state index in [1.807, 2.05) is 12.3 Å². The van der Waals surface area contributed by atoms with Crippen LogP contribution in [0.1, 0.15) is 17.8 Å². The smallest absolute Gasteiger partial charge is 0.352 e. The normalized spacial score (nSPS) is 27.6. The summed E-state index contributed by atoms with van der Waals surface area (Å²) in [7, 11) is 0. The number of carbonyl (C=O) groups is 3. The molecular formula is C14H15N3O4S2. The number of carboxylic acids is 1. The first-order chi connectivity index (χ1) is 10.9. The molecule has 1 aromatic heterocycles. The molecule has 3 rings (SSSR count). The summed E-state index contributed by atoms with van der Waals surface area (Å²) in [4.78, 5) is 37.6. The number of hydrogen-bond donors (Lipinski definition) is 3. The molecular weight excluding hydrogens is 338 g/mol. The number of carbonyl (C=O) groups excluding carboxylic acids is 2. The molecule has 1 saturated heterocycles.